The molecule has 0 aliphatic rings. The highest BCUT2D eigenvalue weighted by atomic mass is 16.5. The summed E-state index contributed by atoms with van der Waals surface area (Å²) in [6.45, 7) is 2.49. The number of aromatic nitrogens is 2. The maximum atomic E-state index is 8.94. The van der Waals surface area contributed by atoms with Crippen molar-refractivity contribution in [2.45, 2.75) is 19.4 Å². The van der Waals surface area contributed by atoms with Crippen LogP contribution in [-0.2, 0) is 11.8 Å². The van der Waals surface area contributed by atoms with Gasteiger partial charge in [0.1, 0.15) is 5.82 Å². The predicted octanol–water partition coefficient (Wildman–Crippen LogP) is 0.120. The molecule has 0 saturated carbocycles. The summed E-state index contributed by atoms with van der Waals surface area (Å²) in [5.41, 5.74) is 7.33. The van der Waals surface area contributed by atoms with Crippen molar-refractivity contribution in [1.29, 1.82) is 0 Å². The Labute approximate surface area is 95.4 Å². The number of anilines is 2. The lowest BCUT2D eigenvalue weighted by molar-refractivity contribution is 0.170. The second kappa shape index (κ2) is 5.72. The number of ether oxygens (including phenoxy) is 1. The number of hydrogen-bond acceptors (Lipinski definition) is 5. The number of nitrogen functional groups attached to an aromatic ring is 1. The Hall–Kier alpha value is -1.27. The van der Waals surface area contributed by atoms with E-state index in [9.17, 15) is 0 Å². The molecule has 1 heterocycles. The van der Waals surface area contributed by atoms with E-state index in [1.807, 2.05) is 14.0 Å². The molecule has 6 nitrogen and oxygen atoms in total. The molecular weight excluding hydrogens is 208 g/mol. The number of aliphatic hydroxyl groups excluding tert-OH is 1. The smallest absolute Gasteiger partial charge is 0.148 e. The minimum Gasteiger partial charge on any atom is -0.396 e. The summed E-state index contributed by atoms with van der Waals surface area (Å²) in [6.07, 6.45) is 0.609. The van der Waals surface area contributed by atoms with Crippen molar-refractivity contribution in [1.82, 2.24) is 9.78 Å². The first-order valence-electron chi connectivity index (χ1n) is 5.25. The van der Waals surface area contributed by atoms with E-state index in [0.29, 0.717) is 18.7 Å². The topological polar surface area (TPSA) is 85.3 Å². The highest BCUT2D eigenvalue weighted by Crippen LogP contribution is 2.22. The molecule has 1 unspecified atom stereocenters. The standard InChI is InChI=1S/C10H20N4O2/c1-7-9(11)10(14(2)13-7)12-8(4-5-15)6-16-3/h8,12,15H,4-6,11H2,1-3H3. The summed E-state index contributed by atoms with van der Waals surface area (Å²) in [7, 11) is 3.46. The van der Waals surface area contributed by atoms with E-state index in [0.717, 1.165) is 11.5 Å². The predicted molar refractivity (Wildman–Crippen MR) is 63.3 cm³/mol. The number of rotatable bonds is 6. The SMILES string of the molecule is COCC(CCO)Nc1c(N)c(C)nn1C. The van der Waals surface area contributed by atoms with Crippen molar-refractivity contribution in [2.75, 3.05) is 31.4 Å². The highest BCUT2D eigenvalue weighted by Gasteiger charge is 2.14. The van der Waals surface area contributed by atoms with Gasteiger partial charge in [0, 0.05) is 20.8 Å². The first-order chi connectivity index (χ1) is 7.60. The maximum absolute atomic E-state index is 8.94. The first kappa shape index (κ1) is 12.8. The summed E-state index contributed by atoms with van der Waals surface area (Å²) in [6, 6.07) is 0.0344. The van der Waals surface area contributed by atoms with Gasteiger partial charge in [-0.15, -0.1) is 0 Å². The first-order valence-corrected chi connectivity index (χ1v) is 5.25. The van der Waals surface area contributed by atoms with E-state index < -0.39 is 0 Å². The molecule has 16 heavy (non-hydrogen) atoms. The van der Waals surface area contributed by atoms with Crippen LogP contribution in [0.1, 0.15) is 12.1 Å². The lowest BCUT2D eigenvalue weighted by Gasteiger charge is -2.18. The molecule has 1 atom stereocenters. The minimum absolute atomic E-state index is 0.0344. The van der Waals surface area contributed by atoms with E-state index in [2.05, 4.69) is 10.4 Å². The zero-order chi connectivity index (χ0) is 12.1. The molecule has 1 aromatic rings. The van der Waals surface area contributed by atoms with Crippen LogP contribution in [-0.4, -0.2) is 41.3 Å². The normalized spacial score (nSPS) is 12.8. The molecule has 0 bridgehead atoms. The zero-order valence-electron chi connectivity index (χ0n) is 10.0. The largest absolute Gasteiger partial charge is 0.396 e. The molecule has 0 amide bonds. The molecule has 0 aliphatic heterocycles. The Morgan fingerprint density at radius 2 is 2.31 bits per heavy atom. The average molecular weight is 228 g/mol. The van der Waals surface area contributed by atoms with Crippen LogP contribution >= 0.6 is 0 Å². The van der Waals surface area contributed by atoms with Crippen molar-refractivity contribution >= 4 is 11.5 Å². The highest BCUT2D eigenvalue weighted by molar-refractivity contribution is 5.64. The second-order valence-electron chi connectivity index (χ2n) is 3.78. The minimum atomic E-state index is 0.0344. The molecule has 1 rings (SSSR count). The Bertz CT molecular complexity index is 332. The quantitative estimate of drug-likeness (QED) is 0.644. The van der Waals surface area contributed by atoms with Crippen molar-refractivity contribution < 1.29 is 9.84 Å². The molecule has 0 spiro atoms. The average Bonchev–Trinajstić information content (AvgIpc) is 2.46. The number of nitrogens with zero attached hydrogens (tertiary/aromatic N) is 2. The van der Waals surface area contributed by atoms with Crippen molar-refractivity contribution in [3.8, 4) is 0 Å². The summed E-state index contributed by atoms with van der Waals surface area (Å²) in [5, 5.41) is 16.4. The maximum Gasteiger partial charge on any atom is 0.148 e. The van der Waals surface area contributed by atoms with Gasteiger partial charge in [0.05, 0.1) is 24.0 Å². The van der Waals surface area contributed by atoms with E-state index in [-0.39, 0.29) is 12.6 Å². The number of hydrogen-bond donors (Lipinski definition) is 3. The Morgan fingerprint density at radius 1 is 1.62 bits per heavy atom. The number of aliphatic hydroxyl groups is 1. The van der Waals surface area contributed by atoms with Gasteiger partial charge in [-0.25, -0.2) is 0 Å². The van der Waals surface area contributed by atoms with E-state index in [4.69, 9.17) is 15.6 Å². The van der Waals surface area contributed by atoms with Crippen LogP contribution in [0, 0.1) is 6.92 Å². The number of nitrogens with one attached hydrogen (secondary N) is 1. The lowest BCUT2D eigenvalue weighted by Crippen LogP contribution is -2.27. The summed E-state index contributed by atoms with van der Waals surface area (Å²) in [5.74, 6) is 0.771. The molecule has 0 aliphatic carbocycles. The van der Waals surface area contributed by atoms with Gasteiger partial charge in [0.2, 0.25) is 0 Å². The number of aryl methyl sites for hydroxylation is 2. The second-order valence-corrected chi connectivity index (χ2v) is 3.78. The van der Waals surface area contributed by atoms with Gasteiger partial charge in [0.25, 0.3) is 0 Å². The summed E-state index contributed by atoms with van der Waals surface area (Å²) >= 11 is 0. The lowest BCUT2D eigenvalue weighted by atomic mass is 10.2. The third-order valence-corrected chi connectivity index (χ3v) is 2.45. The van der Waals surface area contributed by atoms with Crippen LogP contribution in [0.3, 0.4) is 0 Å². The number of methoxy groups -OCH3 is 1. The van der Waals surface area contributed by atoms with Crippen molar-refractivity contribution in [3.05, 3.63) is 5.69 Å². The molecular formula is C10H20N4O2. The van der Waals surface area contributed by atoms with Gasteiger partial charge in [-0.05, 0) is 13.3 Å². The zero-order valence-corrected chi connectivity index (χ0v) is 10.0. The Kier molecular flexibility index (Phi) is 4.57. The molecule has 92 valence electrons. The van der Waals surface area contributed by atoms with Gasteiger partial charge >= 0.3 is 0 Å². The third-order valence-electron chi connectivity index (χ3n) is 2.45. The molecule has 1 aromatic heterocycles. The molecule has 6 heteroatoms. The molecule has 0 fully saturated rings. The fourth-order valence-corrected chi connectivity index (χ4v) is 1.59. The Balaban J connectivity index is 2.76. The monoisotopic (exact) mass is 228 g/mol. The number of nitrogens with two attached hydrogens (primary N) is 1. The Morgan fingerprint density at radius 3 is 2.75 bits per heavy atom. The fraction of sp³-hybridized carbons (Fsp3) is 0.700. The van der Waals surface area contributed by atoms with Crippen molar-refractivity contribution in [2.24, 2.45) is 7.05 Å². The van der Waals surface area contributed by atoms with E-state index >= 15 is 0 Å². The summed E-state index contributed by atoms with van der Waals surface area (Å²) < 4.78 is 6.77. The van der Waals surface area contributed by atoms with Crippen LogP contribution in [0.4, 0.5) is 11.5 Å². The van der Waals surface area contributed by atoms with Gasteiger partial charge in [-0.2, -0.15) is 5.10 Å². The van der Waals surface area contributed by atoms with Gasteiger partial charge in [-0.1, -0.05) is 0 Å². The third kappa shape index (κ3) is 2.86. The van der Waals surface area contributed by atoms with Gasteiger partial charge < -0.3 is 20.9 Å². The van der Waals surface area contributed by atoms with E-state index in [1.165, 1.54) is 0 Å². The molecule has 4 N–H and O–H groups in total. The van der Waals surface area contributed by atoms with E-state index in [1.54, 1.807) is 11.8 Å². The van der Waals surface area contributed by atoms with Crippen LogP contribution in [0.15, 0.2) is 0 Å². The molecule has 0 radical (unpaired) electrons. The summed E-state index contributed by atoms with van der Waals surface area (Å²) in [4.78, 5) is 0. The molecule has 0 aromatic carbocycles. The van der Waals surface area contributed by atoms with Crippen LogP contribution in [0.2, 0.25) is 0 Å². The van der Waals surface area contributed by atoms with Gasteiger partial charge in [0.15, 0.2) is 0 Å². The van der Waals surface area contributed by atoms with Crippen LogP contribution in [0.5, 0.6) is 0 Å². The van der Waals surface area contributed by atoms with Gasteiger partial charge in [-0.3, -0.25) is 4.68 Å². The molecule has 0 saturated heterocycles. The van der Waals surface area contributed by atoms with Crippen molar-refractivity contribution in [3.63, 3.8) is 0 Å². The van der Waals surface area contributed by atoms with Crippen LogP contribution in [0.25, 0.3) is 0 Å². The fourth-order valence-electron chi connectivity index (χ4n) is 1.59. The van der Waals surface area contributed by atoms with Crippen LogP contribution < -0.4 is 11.1 Å².